The van der Waals surface area contributed by atoms with E-state index in [-0.39, 0.29) is 17.3 Å². The van der Waals surface area contributed by atoms with Gasteiger partial charge in [0.15, 0.2) is 0 Å². The molecule has 27 heavy (non-hydrogen) atoms. The molecule has 0 fully saturated rings. The van der Waals surface area contributed by atoms with Crippen LogP contribution in [0.5, 0.6) is 5.75 Å². The van der Waals surface area contributed by atoms with Gasteiger partial charge in [0.2, 0.25) is 5.56 Å². The summed E-state index contributed by atoms with van der Waals surface area (Å²) in [7, 11) is 3.07. The number of pyridine rings is 2. The van der Waals surface area contributed by atoms with E-state index >= 15 is 0 Å². The van der Waals surface area contributed by atoms with Gasteiger partial charge in [-0.1, -0.05) is 6.07 Å². The predicted octanol–water partition coefficient (Wildman–Crippen LogP) is 2.77. The SMILES string of the molecule is COc1cc(F)cc(Cc2ccc(NC(=O)c3ccc(=O)n(C)c3)nc2)c1. The molecule has 0 spiro atoms. The number of nitrogens with zero attached hydrogens (tertiary/aromatic N) is 2. The molecule has 0 bridgehead atoms. The van der Waals surface area contributed by atoms with Crippen molar-refractivity contribution in [2.45, 2.75) is 6.42 Å². The first-order valence-corrected chi connectivity index (χ1v) is 8.21. The van der Waals surface area contributed by atoms with Gasteiger partial charge in [0.25, 0.3) is 5.91 Å². The molecule has 0 aliphatic rings. The number of anilines is 1. The maximum absolute atomic E-state index is 13.6. The van der Waals surface area contributed by atoms with Crippen molar-refractivity contribution in [3.8, 4) is 5.75 Å². The van der Waals surface area contributed by atoms with Crippen LogP contribution in [0.3, 0.4) is 0 Å². The number of amides is 1. The molecule has 1 amide bonds. The molecule has 0 unspecified atom stereocenters. The minimum Gasteiger partial charge on any atom is -0.497 e. The third-order valence-corrected chi connectivity index (χ3v) is 3.99. The van der Waals surface area contributed by atoms with E-state index in [0.717, 1.165) is 11.1 Å². The molecule has 0 aliphatic carbocycles. The highest BCUT2D eigenvalue weighted by molar-refractivity contribution is 6.03. The van der Waals surface area contributed by atoms with E-state index in [1.54, 1.807) is 31.4 Å². The number of ether oxygens (including phenoxy) is 1. The molecule has 0 radical (unpaired) electrons. The van der Waals surface area contributed by atoms with Gasteiger partial charge < -0.3 is 14.6 Å². The Hall–Kier alpha value is -3.48. The van der Waals surface area contributed by atoms with Gasteiger partial charge in [0.1, 0.15) is 17.4 Å². The third-order valence-electron chi connectivity index (χ3n) is 3.99. The number of methoxy groups -OCH3 is 1. The van der Waals surface area contributed by atoms with E-state index in [1.165, 1.54) is 42.1 Å². The highest BCUT2D eigenvalue weighted by Crippen LogP contribution is 2.19. The summed E-state index contributed by atoms with van der Waals surface area (Å²) in [6.07, 6.45) is 3.56. The van der Waals surface area contributed by atoms with Crippen molar-refractivity contribution in [3.63, 3.8) is 0 Å². The van der Waals surface area contributed by atoms with Crippen LogP contribution in [0.15, 0.2) is 59.7 Å². The molecule has 0 aliphatic heterocycles. The molecule has 6 nitrogen and oxygen atoms in total. The summed E-state index contributed by atoms with van der Waals surface area (Å²) in [6.45, 7) is 0. The van der Waals surface area contributed by atoms with E-state index in [1.807, 2.05) is 0 Å². The second-order valence-corrected chi connectivity index (χ2v) is 6.05. The third kappa shape index (κ3) is 4.58. The van der Waals surface area contributed by atoms with Gasteiger partial charge in [-0.2, -0.15) is 0 Å². The largest absolute Gasteiger partial charge is 0.497 e. The molecule has 1 aromatic carbocycles. The molecule has 2 heterocycles. The highest BCUT2D eigenvalue weighted by atomic mass is 19.1. The Morgan fingerprint density at radius 2 is 2.00 bits per heavy atom. The fourth-order valence-electron chi connectivity index (χ4n) is 2.60. The van der Waals surface area contributed by atoms with Crippen LogP contribution in [-0.4, -0.2) is 22.6 Å². The van der Waals surface area contributed by atoms with Crippen LogP contribution in [0.4, 0.5) is 10.2 Å². The predicted molar refractivity (Wildman–Crippen MR) is 99.6 cm³/mol. The van der Waals surface area contributed by atoms with Crippen LogP contribution in [-0.2, 0) is 13.5 Å². The molecule has 0 atom stereocenters. The number of nitrogens with one attached hydrogen (secondary N) is 1. The Balaban J connectivity index is 1.70. The summed E-state index contributed by atoms with van der Waals surface area (Å²) in [5.74, 6) is 0.118. The highest BCUT2D eigenvalue weighted by Gasteiger charge is 2.08. The first-order valence-electron chi connectivity index (χ1n) is 8.21. The number of halogens is 1. The topological polar surface area (TPSA) is 73.2 Å². The standard InChI is InChI=1S/C20H18FN3O3/c1-24-12-15(4-6-19(24)25)20(26)23-18-5-3-13(11-22-18)7-14-8-16(21)10-17(9-14)27-2/h3-6,8-12H,7H2,1-2H3,(H,22,23,26). The quantitative estimate of drug-likeness (QED) is 0.753. The van der Waals surface area contributed by atoms with Gasteiger partial charge in [-0.25, -0.2) is 9.37 Å². The molecular formula is C20H18FN3O3. The summed E-state index contributed by atoms with van der Waals surface area (Å²) in [6, 6.07) is 10.8. The summed E-state index contributed by atoms with van der Waals surface area (Å²) < 4.78 is 20.0. The van der Waals surface area contributed by atoms with Gasteiger partial charge in [-0.05, 0) is 41.8 Å². The zero-order valence-electron chi connectivity index (χ0n) is 14.9. The van der Waals surface area contributed by atoms with E-state index in [0.29, 0.717) is 23.6 Å². The molecule has 138 valence electrons. The number of carbonyl (C=O) groups excluding carboxylic acids is 1. The van der Waals surface area contributed by atoms with Gasteiger partial charge in [0, 0.05) is 31.6 Å². The number of rotatable bonds is 5. The van der Waals surface area contributed by atoms with Crippen molar-refractivity contribution in [2.75, 3.05) is 12.4 Å². The van der Waals surface area contributed by atoms with E-state index < -0.39 is 0 Å². The molecule has 2 aromatic heterocycles. The molecular weight excluding hydrogens is 349 g/mol. The minimum absolute atomic E-state index is 0.192. The second kappa shape index (κ2) is 7.82. The second-order valence-electron chi connectivity index (χ2n) is 6.05. The Morgan fingerprint density at radius 3 is 2.67 bits per heavy atom. The molecule has 0 saturated heterocycles. The van der Waals surface area contributed by atoms with E-state index in [9.17, 15) is 14.0 Å². The molecule has 0 saturated carbocycles. The van der Waals surface area contributed by atoms with Crippen LogP contribution in [0.25, 0.3) is 0 Å². The molecule has 7 heteroatoms. The Bertz CT molecular complexity index is 1030. The van der Waals surface area contributed by atoms with Crippen molar-refractivity contribution >= 4 is 11.7 Å². The summed E-state index contributed by atoms with van der Waals surface area (Å²) in [5.41, 5.74) is 1.79. The molecule has 1 N–H and O–H groups in total. The Labute approximate surface area is 155 Å². The van der Waals surface area contributed by atoms with Crippen molar-refractivity contribution in [3.05, 3.63) is 87.7 Å². The van der Waals surface area contributed by atoms with Gasteiger partial charge in [0.05, 0.1) is 12.7 Å². The molecule has 3 rings (SSSR count). The van der Waals surface area contributed by atoms with Crippen molar-refractivity contribution in [1.82, 2.24) is 9.55 Å². The monoisotopic (exact) mass is 367 g/mol. The van der Waals surface area contributed by atoms with Crippen molar-refractivity contribution in [1.29, 1.82) is 0 Å². The zero-order chi connectivity index (χ0) is 19.4. The summed E-state index contributed by atoms with van der Waals surface area (Å²) in [5, 5.41) is 2.68. The number of hydrogen-bond acceptors (Lipinski definition) is 4. The van der Waals surface area contributed by atoms with Gasteiger partial charge in [-0.15, -0.1) is 0 Å². The van der Waals surface area contributed by atoms with Crippen LogP contribution in [0, 0.1) is 5.82 Å². The summed E-state index contributed by atoms with van der Waals surface area (Å²) in [4.78, 5) is 27.8. The number of hydrogen-bond donors (Lipinski definition) is 1. The van der Waals surface area contributed by atoms with Crippen LogP contribution in [0.2, 0.25) is 0 Å². The average Bonchev–Trinajstić information content (AvgIpc) is 2.65. The van der Waals surface area contributed by atoms with Crippen LogP contribution < -0.4 is 15.6 Å². The lowest BCUT2D eigenvalue weighted by Gasteiger charge is -2.08. The normalized spacial score (nSPS) is 10.5. The lowest BCUT2D eigenvalue weighted by molar-refractivity contribution is 0.102. The Morgan fingerprint density at radius 1 is 1.19 bits per heavy atom. The number of carbonyl (C=O) groups is 1. The lowest BCUT2D eigenvalue weighted by Crippen LogP contribution is -2.19. The van der Waals surface area contributed by atoms with Gasteiger partial charge in [-0.3, -0.25) is 9.59 Å². The Kier molecular flexibility index (Phi) is 5.30. The van der Waals surface area contributed by atoms with Gasteiger partial charge >= 0.3 is 0 Å². The number of benzene rings is 1. The maximum atomic E-state index is 13.6. The first-order chi connectivity index (χ1) is 12.9. The van der Waals surface area contributed by atoms with E-state index in [4.69, 9.17) is 4.74 Å². The minimum atomic E-state index is -0.363. The van der Waals surface area contributed by atoms with Crippen LogP contribution in [0.1, 0.15) is 21.5 Å². The maximum Gasteiger partial charge on any atom is 0.258 e. The van der Waals surface area contributed by atoms with Crippen molar-refractivity contribution in [2.24, 2.45) is 7.05 Å². The lowest BCUT2D eigenvalue weighted by atomic mass is 10.1. The fourth-order valence-corrected chi connectivity index (χ4v) is 2.60. The van der Waals surface area contributed by atoms with E-state index in [2.05, 4.69) is 10.3 Å². The van der Waals surface area contributed by atoms with Crippen molar-refractivity contribution < 1.29 is 13.9 Å². The number of aryl methyl sites for hydroxylation is 1. The molecule has 3 aromatic rings. The number of aromatic nitrogens is 2. The first kappa shape index (κ1) is 18.3. The average molecular weight is 367 g/mol. The fraction of sp³-hybridized carbons (Fsp3) is 0.150. The van der Waals surface area contributed by atoms with Crippen LogP contribution >= 0.6 is 0 Å². The summed E-state index contributed by atoms with van der Waals surface area (Å²) >= 11 is 0. The zero-order valence-corrected chi connectivity index (χ0v) is 14.9. The smallest absolute Gasteiger partial charge is 0.258 e.